The zero-order chi connectivity index (χ0) is 15.0. The minimum atomic E-state index is -0.358. The van der Waals surface area contributed by atoms with Crippen molar-refractivity contribution in [3.05, 3.63) is 69.7 Å². The fourth-order valence-corrected chi connectivity index (χ4v) is 2.50. The summed E-state index contributed by atoms with van der Waals surface area (Å²) >= 11 is 0. The summed E-state index contributed by atoms with van der Waals surface area (Å²) in [7, 11) is 1.69. The number of oxazole rings is 1. The molecule has 0 fully saturated rings. The van der Waals surface area contributed by atoms with Gasteiger partial charge in [0.1, 0.15) is 0 Å². The molecule has 108 valence electrons. The average Bonchev–Trinajstić information content (AvgIpc) is 2.81. The third kappa shape index (κ3) is 2.38. The van der Waals surface area contributed by atoms with Crippen LogP contribution < -0.4 is 11.5 Å². The number of rotatable bonds is 3. The molecule has 0 saturated carbocycles. The van der Waals surface area contributed by atoms with Crippen molar-refractivity contribution in [2.45, 2.75) is 19.4 Å². The molecule has 1 aromatic heterocycles. The average molecular weight is 282 g/mol. The van der Waals surface area contributed by atoms with Gasteiger partial charge in [0.25, 0.3) is 0 Å². The lowest BCUT2D eigenvalue weighted by atomic mass is 9.98. The summed E-state index contributed by atoms with van der Waals surface area (Å²) in [5.41, 5.74) is 10.9. The Hall–Kier alpha value is -2.33. The summed E-state index contributed by atoms with van der Waals surface area (Å²) in [5, 5.41) is 0. The van der Waals surface area contributed by atoms with Crippen molar-refractivity contribution in [3.63, 3.8) is 0 Å². The van der Waals surface area contributed by atoms with Crippen LogP contribution in [0.5, 0.6) is 0 Å². The van der Waals surface area contributed by atoms with Gasteiger partial charge in [0.05, 0.1) is 11.6 Å². The third-order valence-corrected chi connectivity index (χ3v) is 3.92. The van der Waals surface area contributed by atoms with Gasteiger partial charge in [-0.3, -0.25) is 4.57 Å². The highest BCUT2D eigenvalue weighted by Crippen LogP contribution is 2.23. The Morgan fingerprint density at radius 1 is 1.14 bits per heavy atom. The van der Waals surface area contributed by atoms with Crippen LogP contribution in [0.15, 0.2) is 51.7 Å². The summed E-state index contributed by atoms with van der Waals surface area (Å²) in [6, 6.07) is 13.7. The first-order chi connectivity index (χ1) is 10.1. The lowest BCUT2D eigenvalue weighted by molar-refractivity contribution is 0.527. The molecule has 4 heteroatoms. The van der Waals surface area contributed by atoms with Crippen LogP contribution in [-0.2, 0) is 13.5 Å². The zero-order valence-electron chi connectivity index (χ0n) is 12.2. The molecule has 2 aromatic carbocycles. The van der Waals surface area contributed by atoms with E-state index in [1.165, 1.54) is 10.1 Å². The summed E-state index contributed by atoms with van der Waals surface area (Å²) in [5.74, 6) is -0.358. The van der Waals surface area contributed by atoms with Crippen molar-refractivity contribution in [3.8, 4) is 0 Å². The first kappa shape index (κ1) is 13.6. The Morgan fingerprint density at radius 2 is 1.81 bits per heavy atom. The van der Waals surface area contributed by atoms with Crippen LogP contribution in [0, 0.1) is 0 Å². The summed E-state index contributed by atoms with van der Waals surface area (Å²) in [4.78, 5) is 11.5. The molecule has 0 bridgehead atoms. The lowest BCUT2D eigenvalue weighted by Gasteiger charge is -2.13. The highest BCUT2D eigenvalue weighted by molar-refractivity contribution is 5.74. The molecule has 0 aliphatic heterocycles. The van der Waals surface area contributed by atoms with E-state index in [4.69, 9.17) is 10.2 Å². The Kier molecular flexibility index (Phi) is 3.39. The molecule has 0 amide bonds. The molecule has 3 aromatic rings. The van der Waals surface area contributed by atoms with Crippen molar-refractivity contribution in [2.75, 3.05) is 0 Å². The number of nitrogens with two attached hydrogens (primary N) is 1. The quantitative estimate of drug-likeness (QED) is 0.803. The van der Waals surface area contributed by atoms with Gasteiger partial charge in [-0.2, -0.15) is 0 Å². The maximum Gasteiger partial charge on any atom is 0.419 e. The fraction of sp³-hybridized carbons (Fsp3) is 0.235. The molecule has 0 aliphatic carbocycles. The Balaban J connectivity index is 2.00. The normalized spacial score (nSPS) is 12.7. The van der Waals surface area contributed by atoms with Gasteiger partial charge < -0.3 is 10.2 Å². The molecule has 1 atom stereocenters. The van der Waals surface area contributed by atoms with Crippen LogP contribution in [0.1, 0.15) is 29.7 Å². The lowest BCUT2D eigenvalue weighted by Crippen LogP contribution is -2.11. The number of hydrogen-bond donors (Lipinski definition) is 1. The van der Waals surface area contributed by atoms with Gasteiger partial charge >= 0.3 is 5.76 Å². The predicted molar refractivity (Wildman–Crippen MR) is 83.3 cm³/mol. The van der Waals surface area contributed by atoms with E-state index in [2.05, 4.69) is 31.2 Å². The first-order valence-corrected chi connectivity index (χ1v) is 7.04. The molecule has 4 nitrogen and oxygen atoms in total. The molecular formula is C17H18N2O2. The summed E-state index contributed by atoms with van der Waals surface area (Å²) in [6.45, 7) is 2.13. The second-order valence-electron chi connectivity index (χ2n) is 5.23. The molecule has 0 spiro atoms. The monoisotopic (exact) mass is 282 g/mol. The van der Waals surface area contributed by atoms with E-state index in [0.717, 1.165) is 23.1 Å². The molecule has 21 heavy (non-hydrogen) atoms. The SMILES string of the molecule is CCc1ccc(C(N)c2ccc3c(c2)oc(=O)n3C)cc1. The summed E-state index contributed by atoms with van der Waals surface area (Å²) < 4.78 is 6.70. The van der Waals surface area contributed by atoms with Gasteiger partial charge in [-0.25, -0.2) is 4.79 Å². The van der Waals surface area contributed by atoms with E-state index in [1.807, 2.05) is 18.2 Å². The molecule has 0 radical (unpaired) electrons. The van der Waals surface area contributed by atoms with Crippen LogP contribution in [0.4, 0.5) is 0 Å². The van der Waals surface area contributed by atoms with E-state index in [-0.39, 0.29) is 11.8 Å². The minimum Gasteiger partial charge on any atom is -0.408 e. The number of aromatic nitrogens is 1. The maximum absolute atomic E-state index is 11.5. The smallest absolute Gasteiger partial charge is 0.408 e. The Labute approximate surface area is 122 Å². The standard InChI is InChI=1S/C17H18N2O2/c1-3-11-4-6-12(7-5-11)16(18)13-8-9-14-15(10-13)21-17(20)19(14)2/h4-10,16H,3,18H2,1-2H3. The van der Waals surface area contributed by atoms with Gasteiger partial charge in [0.2, 0.25) is 0 Å². The van der Waals surface area contributed by atoms with E-state index < -0.39 is 0 Å². The Bertz CT molecular complexity index is 828. The number of aryl methyl sites for hydroxylation is 2. The largest absolute Gasteiger partial charge is 0.419 e. The molecule has 2 N–H and O–H groups in total. The van der Waals surface area contributed by atoms with E-state index >= 15 is 0 Å². The van der Waals surface area contributed by atoms with Crippen molar-refractivity contribution in [1.29, 1.82) is 0 Å². The van der Waals surface area contributed by atoms with Crippen LogP contribution in [0.3, 0.4) is 0 Å². The number of benzene rings is 2. The van der Waals surface area contributed by atoms with Crippen LogP contribution >= 0.6 is 0 Å². The second kappa shape index (κ2) is 5.22. The molecular weight excluding hydrogens is 264 g/mol. The summed E-state index contributed by atoms with van der Waals surface area (Å²) in [6.07, 6.45) is 1.01. The number of hydrogen-bond acceptors (Lipinski definition) is 3. The molecule has 3 rings (SSSR count). The third-order valence-electron chi connectivity index (χ3n) is 3.92. The van der Waals surface area contributed by atoms with Crippen molar-refractivity contribution < 1.29 is 4.42 Å². The highest BCUT2D eigenvalue weighted by Gasteiger charge is 2.12. The van der Waals surface area contributed by atoms with Crippen LogP contribution in [-0.4, -0.2) is 4.57 Å². The van der Waals surface area contributed by atoms with Crippen molar-refractivity contribution in [2.24, 2.45) is 12.8 Å². The fourth-order valence-electron chi connectivity index (χ4n) is 2.50. The molecule has 0 saturated heterocycles. The predicted octanol–water partition coefficient (Wildman–Crippen LogP) is 2.74. The van der Waals surface area contributed by atoms with E-state index in [1.54, 1.807) is 7.05 Å². The minimum absolute atomic E-state index is 0.231. The maximum atomic E-state index is 11.5. The topological polar surface area (TPSA) is 61.2 Å². The van der Waals surface area contributed by atoms with Gasteiger partial charge in [-0.15, -0.1) is 0 Å². The van der Waals surface area contributed by atoms with E-state index in [9.17, 15) is 4.79 Å². The van der Waals surface area contributed by atoms with Gasteiger partial charge in [0, 0.05) is 7.05 Å². The van der Waals surface area contributed by atoms with Crippen molar-refractivity contribution in [1.82, 2.24) is 4.57 Å². The molecule has 1 unspecified atom stereocenters. The van der Waals surface area contributed by atoms with Gasteiger partial charge in [-0.05, 0) is 35.2 Å². The van der Waals surface area contributed by atoms with Gasteiger partial charge in [-0.1, -0.05) is 37.3 Å². The molecule has 1 heterocycles. The van der Waals surface area contributed by atoms with Gasteiger partial charge in [0.15, 0.2) is 5.58 Å². The number of nitrogens with zero attached hydrogens (tertiary/aromatic N) is 1. The van der Waals surface area contributed by atoms with Crippen molar-refractivity contribution >= 4 is 11.1 Å². The first-order valence-electron chi connectivity index (χ1n) is 7.04. The van der Waals surface area contributed by atoms with Crippen LogP contribution in [0.25, 0.3) is 11.1 Å². The highest BCUT2D eigenvalue weighted by atomic mass is 16.4. The zero-order valence-corrected chi connectivity index (χ0v) is 12.2. The number of fused-ring (bicyclic) bond motifs is 1. The second-order valence-corrected chi connectivity index (χ2v) is 5.23. The Morgan fingerprint density at radius 3 is 2.48 bits per heavy atom. The molecule has 0 aliphatic rings. The van der Waals surface area contributed by atoms with E-state index in [0.29, 0.717) is 5.58 Å². The van der Waals surface area contributed by atoms with Crippen LogP contribution in [0.2, 0.25) is 0 Å².